The summed E-state index contributed by atoms with van der Waals surface area (Å²) in [6.45, 7) is 0. The van der Waals surface area contributed by atoms with Crippen LogP contribution in [0.5, 0.6) is 5.75 Å². The van der Waals surface area contributed by atoms with Crippen LogP contribution in [0.3, 0.4) is 0 Å². The van der Waals surface area contributed by atoms with Gasteiger partial charge in [-0.1, -0.05) is 0 Å². The number of likely N-dealkylation sites (N-methyl/N-ethyl adjacent to an activating group) is 2. The van der Waals surface area contributed by atoms with Crippen LogP contribution in [0.1, 0.15) is 5.56 Å². The van der Waals surface area contributed by atoms with Crippen molar-refractivity contribution in [2.75, 3.05) is 14.1 Å². The third kappa shape index (κ3) is 2.60. The summed E-state index contributed by atoms with van der Waals surface area (Å²) in [4.78, 5) is 28.3. The largest absolute Gasteiger partial charge is 0.503 e. The van der Waals surface area contributed by atoms with Crippen LogP contribution in [0.25, 0.3) is 6.08 Å². The number of benzene rings is 1. The molecule has 0 radical (unpaired) electrons. The molecule has 1 aromatic carbocycles. The number of amidine groups is 1. The number of nitrogens with zero attached hydrogens (tertiary/aromatic N) is 2. The lowest BCUT2D eigenvalue weighted by atomic mass is 10.1. The molecule has 0 aromatic heterocycles. The van der Waals surface area contributed by atoms with Crippen LogP contribution >= 0.6 is 0 Å². The Morgan fingerprint density at radius 2 is 1.95 bits per heavy atom. The number of rotatable bonds is 2. The predicted octanol–water partition coefficient (Wildman–Crippen LogP) is 0.628. The molecule has 0 saturated carbocycles. The second-order valence-electron chi connectivity index (χ2n) is 4.24. The van der Waals surface area contributed by atoms with E-state index in [0.717, 1.165) is 23.1 Å². The highest BCUT2D eigenvalue weighted by molar-refractivity contribution is 6.43. The van der Waals surface area contributed by atoms with E-state index in [2.05, 4.69) is 10.3 Å². The molecule has 110 valence electrons. The SMILES string of the molecule is CNC(=O)C1=NC(=Cc2cc(F)c(O)c(F)c2)C(=O)N1C. The van der Waals surface area contributed by atoms with E-state index in [1.54, 1.807) is 0 Å². The van der Waals surface area contributed by atoms with Crippen LogP contribution in [0.15, 0.2) is 22.8 Å². The molecule has 0 bridgehead atoms. The van der Waals surface area contributed by atoms with E-state index < -0.39 is 29.2 Å². The van der Waals surface area contributed by atoms with Crippen LogP contribution in [-0.4, -0.2) is 41.8 Å². The maximum Gasteiger partial charge on any atom is 0.287 e. The third-order valence-corrected chi connectivity index (χ3v) is 2.84. The summed E-state index contributed by atoms with van der Waals surface area (Å²) in [7, 11) is 2.74. The van der Waals surface area contributed by atoms with Gasteiger partial charge >= 0.3 is 0 Å². The molecule has 1 aliphatic rings. The second-order valence-corrected chi connectivity index (χ2v) is 4.24. The molecule has 2 amide bonds. The molecule has 0 aliphatic carbocycles. The van der Waals surface area contributed by atoms with Crippen LogP contribution in [0.4, 0.5) is 8.78 Å². The number of halogens is 2. The Morgan fingerprint density at radius 3 is 2.48 bits per heavy atom. The fourth-order valence-electron chi connectivity index (χ4n) is 1.74. The molecule has 2 N–H and O–H groups in total. The Hall–Kier alpha value is -2.77. The first-order valence-corrected chi connectivity index (χ1v) is 5.83. The molecular formula is C13H11F2N3O3. The number of hydrogen-bond donors (Lipinski definition) is 2. The standard InChI is InChI=1S/C13H11F2N3O3/c1-16-12(20)11-17-9(13(21)18(11)2)5-6-3-7(14)10(19)8(15)4-6/h3-5,19H,1-2H3,(H,16,20). The minimum Gasteiger partial charge on any atom is -0.503 e. The molecule has 8 heteroatoms. The van der Waals surface area contributed by atoms with Crippen molar-refractivity contribution in [3.8, 4) is 5.75 Å². The first-order valence-electron chi connectivity index (χ1n) is 5.83. The van der Waals surface area contributed by atoms with E-state index >= 15 is 0 Å². The van der Waals surface area contributed by atoms with Gasteiger partial charge in [-0.3, -0.25) is 14.5 Å². The minimum absolute atomic E-state index is 0.00135. The quantitative estimate of drug-likeness (QED) is 0.785. The normalized spacial score (nSPS) is 16.4. The van der Waals surface area contributed by atoms with Crippen molar-refractivity contribution in [3.05, 3.63) is 35.0 Å². The lowest BCUT2D eigenvalue weighted by Gasteiger charge is -2.09. The van der Waals surface area contributed by atoms with E-state index in [-0.39, 0.29) is 17.1 Å². The topological polar surface area (TPSA) is 82.0 Å². The Labute approximate surface area is 118 Å². The molecule has 2 rings (SSSR count). The Balaban J connectivity index is 2.44. The third-order valence-electron chi connectivity index (χ3n) is 2.84. The van der Waals surface area contributed by atoms with Gasteiger partial charge in [0.25, 0.3) is 11.8 Å². The predicted molar refractivity (Wildman–Crippen MR) is 70.3 cm³/mol. The lowest BCUT2D eigenvalue weighted by Crippen LogP contribution is -2.38. The lowest BCUT2D eigenvalue weighted by molar-refractivity contribution is -0.123. The zero-order chi connectivity index (χ0) is 15.7. The van der Waals surface area contributed by atoms with Gasteiger partial charge in [-0.15, -0.1) is 0 Å². The number of aromatic hydroxyl groups is 1. The maximum absolute atomic E-state index is 13.2. The van der Waals surface area contributed by atoms with Crippen LogP contribution in [0, 0.1) is 11.6 Å². The van der Waals surface area contributed by atoms with Gasteiger partial charge in [-0.25, -0.2) is 13.8 Å². The summed E-state index contributed by atoms with van der Waals surface area (Å²) in [6.07, 6.45) is 1.13. The summed E-state index contributed by atoms with van der Waals surface area (Å²) in [5.74, 6) is -4.66. The van der Waals surface area contributed by atoms with Gasteiger partial charge in [0.05, 0.1) is 0 Å². The van der Waals surface area contributed by atoms with Gasteiger partial charge in [-0.2, -0.15) is 0 Å². The molecule has 1 aliphatic heterocycles. The van der Waals surface area contributed by atoms with Gasteiger partial charge < -0.3 is 10.4 Å². The van der Waals surface area contributed by atoms with E-state index in [0.29, 0.717) is 0 Å². The highest BCUT2D eigenvalue weighted by Crippen LogP contribution is 2.24. The number of hydrogen-bond acceptors (Lipinski definition) is 4. The van der Waals surface area contributed by atoms with Gasteiger partial charge in [0.2, 0.25) is 5.84 Å². The second kappa shape index (κ2) is 5.31. The number of amides is 2. The van der Waals surface area contributed by atoms with Crippen LogP contribution in [-0.2, 0) is 9.59 Å². The fourth-order valence-corrected chi connectivity index (χ4v) is 1.74. The number of phenols is 1. The number of phenolic OH excluding ortho intramolecular Hbond substituents is 1. The Morgan fingerprint density at radius 1 is 1.38 bits per heavy atom. The number of carbonyl (C=O) groups excluding carboxylic acids is 2. The average Bonchev–Trinajstić information content (AvgIpc) is 2.72. The van der Waals surface area contributed by atoms with E-state index in [1.807, 2.05) is 0 Å². The number of aliphatic imine (C=N–C) groups is 1. The molecule has 0 saturated heterocycles. The molecule has 0 atom stereocenters. The zero-order valence-corrected chi connectivity index (χ0v) is 11.1. The molecule has 1 heterocycles. The van der Waals surface area contributed by atoms with E-state index in [4.69, 9.17) is 5.11 Å². The first-order chi connectivity index (χ1) is 9.85. The summed E-state index contributed by atoms with van der Waals surface area (Å²) in [6, 6.07) is 1.71. The molecule has 0 unspecified atom stereocenters. The van der Waals surface area contributed by atoms with Gasteiger partial charge in [0, 0.05) is 14.1 Å². The maximum atomic E-state index is 13.2. The molecule has 6 nitrogen and oxygen atoms in total. The smallest absolute Gasteiger partial charge is 0.287 e. The van der Waals surface area contributed by atoms with Gasteiger partial charge in [0.1, 0.15) is 5.70 Å². The van der Waals surface area contributed by atoms with Crippen molar-refractivity contribution in [2.24, 2.45) is 4.99 Å². The highest BCUT2D eigenvalue weighted by atomic mass is 19.1. The monoisotopic (exact) mass is 295 g/mol. The molecule has 0 spiro atoms. The number of nitrogens with one attached hydrogen (secondary N) is 1. The Bertz CT molecular complexity index is 675. The molecular weight excluding hydrogens is 284 g/mol. The van der Waals surface area contributed by atoms with Crippen LogP contribution in [0.2, 0.25) is 0 Å². The van der Waals surface area contributed by atoms with Gasteiger partial charge in [-0.05, 0) is 23.8 Å². The van der Waals surface area contributed by atoms with Gasteiger partial charge in [0.15, 0.2) is 17.4 Å². The van der Waals surface area contributed by atoms with Crippen molar-refractivity contribution in [1.82, 2.24) is 10.2 Å². The Kier molecular flexibility index (Phi) is 3.70. The summed E-state index contributed by atoms with van der Waals surface area (Å²) >= 11 is 0. The molecule has 1 aromatic rings. The van der Waals surface area contributed by atoms with Crippen molar-refractivity contribution in [2.45, 2.75) is 0 Å². The average molecular weight is 295 g/mol. The number of carbonyl (C=O) groups is 2. The van der Waals surface area contributed by atoms with Crippen molar-refractivity contribution < 1.29 is 23.5 Å². The van der Waals surface area contributed by atoms with Crippen molar-refractivity contribution in [3.63, 3.8) is 0 Å². The van der Waals surface area contributed by atoms with Crippen molar-refractivity contribution in [1.29, 1.82) is 0 Å². The minimum atomic E-state index is -1.16. The van der Waals surface area contributed by atoms with Crippen LogP contribution < -0.4 is 5.32 Å². The summed E-state index contributed by atoms with van der Waals surface area (Å²) in [5.41, 5.74) is -0.137. The van der Waals surface area contributed by atoms with E-state index in [9.17, 15) is 18.4 Å². The zero-order valence-electron chi connectivity index (χ0n) is 11.1. The first kappa shape index (κ1) is 14.6. The highest BCUT2D eigenvalue weighted by Gasteiger charge is 2.30. The summed E-state index contributed by atoms with van der Waals surface area (Å²) < 4.78 is 26.5. The molecule has 21 heavy (non-hydrogen) atoms. The van der Waals surface area contributed by atoms with E-state index in [1.165, 1.54) is 14.1 Å². The van der Waals surface area contributed by atoms with Crippen molar-refractivity contribution >= 4 is 23.7 Å². The fraction of sp³-hybridized carbons (Fsp3) is 0.154. The summed E-state index contributed by atoms with van der Waals surface area (Å²) in [5, 5.41) is 11.3. The molecule has 0 fully saturated rings.